The van der Waals surface area contributed by atoms with Gasteiger partial charge in [-0.15, -0.1) is 10.2 Å². The molecule has 1 heterocycles. The van der Waals surface area contributed by atoms with E-state index in [1.165, 1.54) is 11.8 Å². The normalized spacial score (nSPS) is 10.7. The summed E-state index contributed by atoms with van der Waals surface area (Å²) in [7, 11) is 0. The van der Waals surface area contributed by atoms with Crippen molar-refractivity contribution in [2.75, 3.05) is 11.1 Å². The molecule has 134 valence electrons. The summed E-state index contributed by atoms with van der Waals surface area (Å²) in [6.07, 6.45) is 0.869. The van der Waals surface area contributed by atoms with Crippen molar-refractivity contribution < 1.29 is 9.21 Å². The van der Waals surface area contributed by atoms with Crippen LogP contribution in [0, 0.1) is 13.8 Å². The third-order valence-corrected chi connectivity index (χ3v) is 4.93. The minimum absolute atomic E-state index is 0.0883. The first-order chi connectivity index (χ1) is 12.6. The highest BCUT2D eigenvalue weighted by Crippen LogP contribution is 2.26. The Morgan fingerprint density at radius 2 is 1.85 bits per heavy atom. The molecule has 1 amide bonds. The van der Waals surface area contributed by atoms with Crippen molar-refractivity contribution >= 4 is 23.4 Å². The Bertz CT molecular complexity index is 921. The van der Waals surface area contributed by atoms with E-state index in [9.17, 15) is 4.79 Å². The Morgan fingerprint density at radius 3 is 2.62 bits per heavy atom. The zero-order chi connectivity index (χ0) is 18.5. The number of carbonyl (C=O) groups excluding carboxylic acids is 1. The second-order valence-corrected chi connectivity index (χ2v) is 6.91. The first kappa shape index (κ1) is 18.2. The summed E-state index contributed by atoms with van der Waals surface area (Å²) in [4.78, 5) is 12.3. The number of benzene rings is 2. The van der Waals surface area contributed by atoms with Gasteiger partial charge >= 0.3 is 0 Å². The highest BCUT2D eigenvalue weighted by atomic mass is 32.2. The number of amides is 1. The fourth-order valence-electron chi connectivity index (χ4n) is 2.69. The van der Waals surface area contributed by atoms with Crippen molar-refractivity contribution in [3.05, 3.63) is 59.2 Å². The molecular formula is C20H21N3O2S. The number of thioether (sulfide) groups is 1. The molecule has 1 aromatic heterocycles. The number of hydrogen-bond donors (Lipinski definition) is 1. The van der Waals surface area contributed by atoms with Gasteiger partial charge in [0.2, 0.25) is 11.8 Å². The van der Waals surface area contributed by atoms with Crippen LogP contribution in [-0.2, 0) is 11.2 Å². The maximum atomic E-state index is 12.3. The second kappa shape index (κ2) is 8.19. The molecule has 0 aliphatic heterocycles. The number of nitrogens with one attached hydrogen (secondary N) is 1. The first-order valence-corrected chi connectivity index (χ1v) is 9.47. The minimum Gasteiger partial charge on any atom is -0.411 e. The van der Waals surface area contributed by atoms with Crippen molar-refractivity contribution in [1.82, 2.24) is 10.2 Å². The molecule has 0 saturated carbocycles. The molecule has 0 fully saturated rings. The highest BCUT2D eigenvalue weighted by Gasteiger charge is 2.14. The molecule has 0 spiro atoms. The summed E-state index contributed by atoms with van der Waals surface area (Å²) in [5.41, 5.74) is 5.05. The Kier molecular flexibility index (Phi) is 5.73. The Balaban J connectivity index is 1.63. The number of anilines is 1. The number of rotatable bonds is 6. The van der Waals surface area contributed by atoms with Crippen LogP contribution in [0.25, 0.3) is 11.5 Å². The maximum Gasteiger partial charge on any atom is 0.277 e. The zero-order valence-corrected chi connectivity index (χ0v) is 15.9. The zero-order valence-electron chi connectivity index (χ0n) is 15.1. The summed E-state index contributed by atoms with van der Waals surface area (Å²) in [5, 5.41) is 11.5. The molecule has 0 radical (unpaired) electrons. The van der Waals surface area contributed by atoms with Crippen LogP contribution in [0.2, 0.25) is 0 Å². The van der Waals surface area contributed by atoms with Crippen LogP contribution in [0.15, 0.2) is 52.1 Å². The molecule has 0 saturated heterocycles. The van der Waals surface area contributed by atoms with E-state index >= 15 is 0 Å². The largest absolute Gasteiger partial charge is 0.411 e. The van der Waals surface area contributed by atoms with Gasteiger partial charge in [-0.3, -0.25) is 4.79 Å². The van der Waals surface area contributed by atoms with Crippen LogP contribution >= 0.6 is 11.8 Å². The molecule has 0 unspecified atom stereocenters. The van der Waals surface area contributed by atoms with Crippen molar-refractivity contribution in [2.24, 2.45) is 0 Å². The number of para-hydroxylation sites is 1. The lowest BCUT2D eigenvalue weighted by Crippen LogP contribution is -2.16. The van der Waals surface area contributed by atoms with Gasteiger partial charge in [0.15, 0.2) is 0 Å². The molecule has 3 aromatic rings. The van der Waals surface area contributed by atoms with Crippen molar-refractivity contribution in [3.63, 3.8) is 0 Å². The summed E-state index contributed by atoms with van der Waals surface area (Å²) in [6, 6.07) is 13.9. The average molecular weight is 367 g/mol. The van der Waals surface area contributed by atoms with Crippen molar-refractivity contribution in [2.45, 2.75) is 32.4 Å². The fraction of sp³-hybridized carbons (Fsp3) is 0.250. The summed E-state index contributed by atoms with van der Waals surface area (Å²) >= 11 is 1.24. The van der Waals surface area contributed by atoms with Crippen LogP contribution < -0.4 is 5.32 Å². The predicted molar refractivity (Wildman–Crippen MR) is 104 cm³/mol. The molecule has 0 aliphatic carbocycles. The summed E-state index contributed by atoms with van der Waals surface area (Å²) in [6.45, 7) is 6.06. The maximum absolute atomic E-state index is 12.3. The van der Waals surface area contributed by atoms with Crippen LogP contribution in [0.5, 0.6) is 0 Å². The SMILES string of the molecule is CCc1cccc(C)c1NC(=O)CSc1nnc(-c2ccccc2C)o1. The predicted octanol–water partition coefficient (Wildman–Crippen LogP) is 4.65. The van der Waals surface area contributed by atoms with Crippen LogP contribution in [0.4, 0.5) is 5.69 Å². The molecule has 5 nitrogen and oxygen atoms in total. The van der Waals surface area contributed by atoms with E-state index in [2.05, 4.69) is 22.4 Å². The van der Waals surface area contributed by atoms with E-state index in [4.69, 9.17) is 4.42 Å². The van der Waals surface area contributed by atoms with Gasteiger partial charge in [0, 0.05) is 11.3 Å². The number of aryl methyl sites for hydroxylation is 3. The molecule has 3 rings (SSSR count). The Hall–Kier alpha value is -2.60. The van der Waals surface area contributed by atoms with Gasteiger partial charge < -0.3 is 9.73 Å². The van der Waals surface area contributed by atoms with Crippen LogP contribution in [0.1, 0.15) is 23.6 Å². The van der Waals surface area contributed by atoms with Gasteiger partial charge in [0.1, 0.15) is 0 Å². The van der Waals surface area contributed by atoms with Gasteiger partial charge in [-0.1, -0.05) is 55.1 Å². The molecule has 26 heavy (non-hydrogen) atoms. The van der Waals surface area contributed by atoms with Gasteiger partial charge in [0.05, 0.1) is 5.75 Å². The third-order valence-electron chi connectivity index (χ3n) is 4.11. The molecule has 0 bridgehead atoms. The fourth-order valence-corrected chi connectivity index (χ4v) is 3.26. The summed E-state index contributed by atoms with van der Waals surface area (Å²) in [5.74, 6) is 0.597. The molecule has 2 aromatic carbocycles. The molecule has 6 heteroatoms. The monoisotopic (exact) mass is 367 g/mol. The van der Waals surface area contributed by atoms with Crippen LogP contribution in [-0.4, -0.2) is 21.9 Å². The Labute approximate surface area is 157 Å². The van der Waals surface area contributed by atoms with Gasteiger partial charge in [0.25, 0.3) is 5.22 Å². The Morgan fingerprint density at radius 1 is 1.08 bits per heavy atom. The standard InChI is InChI=1S/C20H21N3O2S/c1-4-15-10-7-9-14(3)18(15)21-17(24)12-26-20-23-22-19(25-20)16-11-6-5-8-13(16)2/h5-11H,4,12H2,1-3H3,(H,21,24). The van der Waals surface area contributed by atoms with Gasteiger partial charge in [-0.05, 0) is 43.0 Å². The van der Waals surface area contributed by atoms with Crippen molar-refractivity contribution in [1.29, 1.82) is 0 Å². The first-order valence-electron chi connectivity index (χ1n) is 8.49. The van der Waals surface area contributed by atoms with E-state index in [0.717, 1.165) is 34.4 Å². The summed E-state index contributed by atoms with van der Waals surface area (Å²) < 4.78 is 5.68. The number of carbonyl (C=O) groups is 1. The lowest BCUT2D eigenvalue weighted by Gasteiger charge is -2.12. The van der Waals surface area contributed by atoms with E-state index < -0.39 is 0 Å². The number of nitrogens with zero attached hydrogens (tertiary/aromatic N) is 2. The second-order valence-electron chi connectivity index (χ2n) is 5.99. The van der Waals surface area contributed by atoms with E-state index in [1.54, 1.807) is 0 Å². The lowest BCUT2D eigenvalue weighted by atomic mass is 10.1. The topological polar surface area (TPSA) is 68.0 Å². The third kappa shape index (κ3) is 4.14. The molecule has 0 aliphatic rings. The smallest absolute Gasteiger partial charge is 0.277 e. The number of hydrogen-bond acceptors (Lipinski definition) is 5. The van der Waals surface area contributed by atoms with E-state index in [0.29, 0.717) is 11.1 Å². The van der Waals surface area contributed by atoms with E-state index in [-0.39, 0.29) is 11.7 Å². The molecule has 1 N–H and O–H groups in total. The highest BCUT2D eigenvalue weighted by molar-refractivity contribution is 7.99. The lowest BCUT2D eigenvalue weighted by molar-refractivity contribution is -0.113. The van der Waals surface area contributed by atoms with Gasteiger partial charge in [-0.2, -0.15) is 0 Å². The quantitative estimate of drug-likeness (QED) is 0.643. The number of aromatic nitrogens is 2. The minimum atomic E-state index is -0.0883. The molecule has 0 atom stereocenters. The van der Waals surface area contributed by atoms with E-state index in [1.807, 2.05) is 56.3 Å². The van der Waals surface area contributed by atoms with Gasteiger partial charge in [-0.25, -0.2) is 0 Å². The molecular weight excluding hydrogens is 346 g/mol. The average Bonchev–Trinajstić information content (AvgIpc) is 3.11. The van der Waals surface area contributed by atoms with Crippen LogP contribution in [0.3, 0.4) is 0 Å². The van der Waals surface area contributed by atoms with Crippen molar-refractivity contribution in [3.8, 4) is 11.5 Å².